The van der Waals surface area contributed by atoms with Gasteiger partial charge in [-0.2, -0.15) is 0 Å². The predicted molar refractivity (Wildman–Crippen MR) is 96.9 cm³/mol. The van der Waals surface area contributed by atoms with E-state index in [1.54, 1.807) is 30.3 Å². The van der Waals surface area contributed by atoms with Crippen LogP contribution >= 0.6 is 0 Å². The summed E-state index contributed by atoms with van der Waals surface area (Å²) in [4.78, 5) is 17.1. The molecule has 0 aromatic heterocycles. The van der Waals surface area contributed by atoms with E-state index in [4.69, 9.17) is 4.74 Å². The number of nitrogens with zero attached hydrogens (tertiary/aromatic N) is 2. The lowest BCUT2D eigenvalue weighted by atomic mass is 10.1. The highest BCUT2D eigenvalue weighted by atomic mass is 32.2. The number of hydrogen-bond donors (Lipinski definition) is 1. The zero-order valence-corrected chi connectivity index (χ0v) is 14.9. The SMILES string of the molecule is COCCN1C(=O)C(=Nc2ccc(O)cc2)C(c2ccccc2)S1(=O)=O. The van der Waals surface area contributed by atoms with Gasteiger partial charge < -0.3 is 9.84 Å². The number of hydrogen-bond acceptors (Lipinski definition) is 6. The Bertz CT molecular complexity index is 924. The minimum Gasteiger partial charge on any atom is -0.508 e. The summed E-state index contributed by atoms with van der Waals surface area (Å²) in [5.41, 5.74) is 0.784. The fourth-order valence-corrected chi connectivity index (χ4v) is 4.60. The summed E-state index contributed by atoms with van der Waals surface area (Å²) < 4.78 is 31.7. The first kappa shape index (κ1) is 18.1. The standard InChI is InChI=1S/C18H18N2O5S/c1-25-12-11-20-18(22)16(19-14-7-9-15(21)10-8-14)17(26(20,23)24)13-5-3-2-4-6-13/h2-10,17,21H,11-12H2,1H3. The van der Waals surface area contributed by atoms with E-state index < -0.39 is 21.2 Å². The summed E-state index contributed by atoms with van der Waals surface area (Å²) in [6.07, 6.45) is 0. The van der Waals surface area contributed by atoms with Gasteiger partial charge in [-0.3, -0.25) is 4.79 Å². The first-order chi connectivity index (χ1) is 12.4. The molecule has 136 valence electrons. The Morgan fingerprint density at radius 2 is 1.77 bits per heavy atom. The Morgan fingerprint density at radius 3 is 2.38 bits per heavy atom. The van der Waals surface area contributed by atoms with Gasteiger partial charge in [0.25, 0.3) is 15.9 Å². The lowest BCUT2D eigenvalue weighted by Gasteiger charge is -2.15. The number of methoxy groups -OCH3 is 1. The lowest BCUT2D eigenvalue weighted by Crippen LogP contribution is -2.33. The van der Waals surface area contributed by atoms with E-state index in [2.05, 4.69) is 4.99 Å². The van der Waals surface area contributed by atoms with Crippen LogP contribution in [0.2, 0.25) is 0 Å². The topological polar surface area (TPSA) is 96.3 Å². The predicted octanol–water partition coefficient (Wildman–Crippen LogP) is 2.02. The van der Waals surface area contributed by atoms with E-state index in [0.717, 1.165) is 4.31 Å². The van der Waals surface area contributed by atoms with E-state index in [9.17, 15) is 18.3 Å². The Balaban J connectivity index is 2.12. The molecule has 1 saturated heterocycles. The molecule has 1 amide bonds. The largest absolute Gasteiger partial charge is 0.508 e. The molecule has 7 nitrogen and oxygen atoms in total. The molecule has 1 aliphatic heterocycles. The van der Waals surface area contributed by atoms with Gasteiger partial charge in [-0.25, -0.2) is 17.7 Å². The van der Waals surface area contributed by atoms with E-state index in [-0.39, 0.29) is 24.6 Å². The molecule has 1 N–H and O–H groups in total. The first-order valence-electron chi connectivity index (χ1n) is 7.92. The maximum Gasteiger partial charge on any atom is 0.283 e. The number of ether oxygens (including phenoxy) is 1. The fourth-order valence-electron chi connectivity index (χ4n) is 2.76. The normalized spacial score (nSPS) is 20.7. The van der Waals surface area contributed by atoms with Crippen molar-refractivity contribution in [2.45, 2.75) is 5.25 Å². The van der Waals surface area contributed by atoms with Crippen molar-refractivity contribution in [3.8, 4) is 5.75 Å². The van der Waals surface area contributed by atoms with Gasteiger partial charge in [-0.05, 0) is 29.8 Å². The molecule has 1 fully saturated rings. The van der Waals surface area contributed by atoms with Crippen molar-refractivity contribution in [2.24, 2.45) is 4.99 Å². The Hall–Kier alpha value is -2.71. The molecule has 1 heterocycles. The average molecular weight is 374 g/mol. The van der Waals surface area contributed by atoms with Gasteiger partial charge in [0.2, 0.25) is 0 Å². The van der Waals surface area contributed by atoms with Gasteiger partial charge in [0.15, 0.2) is 5.25 Å². The van der Waals surface area contributed by atoms with Crippen LogP contribution in [-0.4, -0.2) is 49.7 Å². The molecule has 2 aromatic carbocycles. The second kappa shape index (κ2) is 7.27. The van der Waals surface area contributed by atoms with Crippen molar-refractivity contribution in [3.05, 3.63) is 60.2 Å². The molecule has 0 spiro atoms. The first-order valence-corrected chi connectivity index (χ1v) is 9.43. The molecule has 1 atom stereocenters. The summed E-state index contributed by atoms with van der Waals surface area (Å²) in [6.45, 7) is 0.0224. The van der Waals surface area contributed by atoms with Crippen molar-refractivity contribution in [3.63, 3.8) is 0 Å². The van der Waals surface area contributed by atoms with Crippen molar-refractivity contribution in [2.75, 3.05) is 20.3 Å². The second-order valence-electron chi connectivity index (χ2n) is 5.72. The fraction of sp³-hybridized carbons (Fsp3) is 0.222. The molecule has 8 heteroatoms. The number of phenols is 1. The van der Waals surface area contributed by atoms with E-state index in [1.807, 2.05) is 0 Å². The third-order valence-electron chi connectivity index (χ3n) is 4.00. The highest BCUT2D eigenvalue weighted by Crippen LogP contribution is 2.35. The van der Waals surface area contributed by atoms with Crippen molar-refractivity contribution in [1.82, 2.24) is 4.31 Å². The Labute approximate surface area is 151 Å². The molecule has 0 bridgehead atoms. The van der Waals surface area contributed by atoms with Crippen molar-refractivity contribution < 1.29 is 23.1 Å². The molecule has 0 aliphatic carbocycles. The summed E-state index contributed by atoms with van der Waals surface area (Å²) in [5.74, 6) is -0.607. The highest BCUT2D eigenvalue weighted by molar-refractivity contribution is 7.91. The zero-order chi connectivity index (χ0) is 18.7. The number of carbonyl (C=O) groups is 1. The van der Waals surface area contributed by atoms with Crippen LogP contribution in [0, 0.1) is 0 Å². The second-order valence-corrected chi connectivity index (χ2v) is 7.66. The van der Waals surface area contributed by atoms with Crippen LogP contribution in [0.15, 0.2) is 59.6 Å². The van der Waals surface area contributed by atoms with Crippen LogP contribution < -0.4 is 0 Å². The average Bonchev–Trinajstić information content (AvgIpc) is 2.81. The molecular formula is C18H18N2O5S. The Morgan fingerprint density at radius 1 is 1.12 bits per heavy atom. The minimum absolute atomic E-state index is 0.0562. The van der Waals surface area contributed by atoms with Gasteiger partial charge in [0.1, 0.15) is 11.5 Å². The molecule has 0 radical (unpaired) electrons. The molecule has 1 unspecified atom stereocenters. The monoisotopic (exact) mass is 374 g/mol. The molecule has 2 aromatic rings. The van der Waals surface area contributed by atoms with Crippen LogP contribution in [0.25, 0.3) is 0 Å². The molecular weight excluding hydrogens is 356 g/mol. The number of benzene rings is 2. The molecule has 26 heavy (non-hydrogen) atoms. The maximum atomic E-state index is 13.0. The van der Waals surface area contributed by atoms with E-state index >= 15 is 0 Å². The Kier molecular flexibility index (Phi) is 5.06. The van der Waals surface area contributed by atoms with Gasteiger partial charge in [-0.15, -0.1) is 0 Å². The van der Waals surface area contributed by atoms with Crippen LogP contribution in [0.3, 0.4) is 0 Å². The van der Waals surface area contributed by atoms with Crippen molar-refractivity contribution in [1.29, 1.82) is 0 Å². The quantitative estimate of drug-likeness (QED) is 0.864. The van der Waals surface area contributed by atoms with Gasteiger partial charge >= 0.3 is 0 Å². The molecule has 0 saturated carbocycles. The summed E-state index contributed by atoms with van der Waals surface area (Å²) in [6, 6.07) is 14.4. The van der Waals surface area contributed by atoms with Crippen molar-refractivity contribution >= 4 is 27.3 Å². The maximum absolute atomic E-state index is 13.0. The van der Waals surface area contributed by atoms with Crippen LogP contribution in [0.1, 0.15) is 10.8 Å². The number of rotatable bonds is 5. The molecule has 3 rings (SSSR count). The van der Waals surface area contributed by atoms with Crippen LogP contribution in [0.4, 0.5) is 5.69 Å². The van der Waals surface area contributed by atoms with Gasteiger partial charge in [0.05, 0.1) is 18.8 Å². The number of amides is 1. The van der Waals surface area contributed by atoms with Gasteiger partial charge in [0, 0.05) is 7.11 Å². The number of aromatic hydroxyl groups is 1. The van der Waals surface area contributed by atoms with Crippen LogP contribution in [0.5, 0.6) is 5.75 Å². The van der Waals surface area contributed by atoms with Crippen LogP contribution in [-0.2, 0) is 19.6 Å². The van der Waals surface area contributed by atoms with E-state index in [1.165, 1.54) is 31.4 Å². The zero-order valence-electron chi connectivity index (χ0n) is 14.1. The minimum atomic E-state index is -3.96. The third-order valence-corrected chi connectivity index (χ3v) is 6.05. The van der Waals surface area contributed by atoms with E-state index in [0.29, 0.717) is 11.3 Å². The summed E-state index contributed by atoms with van der Waals surface area (Å²) in [7, 11) is -2.52. The number of carbonyl (C=O) groups excluding carboxylic acids is 1. The smallest absolute Gasteiger partial charge is 0.283 e. The highest BCUT2D eigenvalue weighted by Gasteiger charge is 2.50. The number of phenolic OH excluding ortho intramolecular Hbond substituents is 1. The number of sulfonamides is 1. The summed E-state index contributed by atoms with van der Waals surface area (Å²) in [5, 5.41) is 8.21. The number of aliphatic imine (C=N–C) groups is 1. The molecule has 1 aliphatic rings. The lowest BCUT2D eigenvalue weighted by molar-refractivity contribution is -0.119. The third kappa shape index (κ3) is 3.33. The summed E-state index contributed by atoms with van der Waals surface area (Å²) >= 11 is 0. The van der Waals surface area contributed by atoms with Gasteiger partial charge in [-0.1, -0.05) is 30.3 Å².